The highest BCUT2D eigenvalue weighted by Gasteiger charge is 2.32. The van der Waals surface area contributed by atoms with Crippen molar-refractivity contribution < 1.29 is 9.59 Å². The van der Waals surface area contributed by atoms with Crippen molar-refractivity contribution in [2.45, 2.75) is 6.42 Å². The molecule has 1 heterocycles. The zero-order valence-electron chi connectivity index (χ0n) is 6.99. The third-order valence-electron chi connectivity index (χ3n) is 1.77. The van der Waals surface area contributed by atoms with Gasteiger partial charge in [-0.05, 0) is 12.2 Å². The van der Waals surface area contributed by atoms with Gasteiger partial charge in [-0.1, -0.05) is 0 Å². The number of likely N-dealkylation sites (N-methyl/N-ethyl adjacent to an activating group) is 1. The van der Waals surface area contributed by atoms with Crippen molar-refractivity contribution >= 4 is 24.6 Å². The van der Waals surface area contributed by atoms with Gasteiger partial charge in [-0.25, -0.2) is 4.79 Å². The minimum Gasteiger partial charge on any atom is -0.318 e. The second-order valence-electron chi connectivity index (χ2n) is 2.76. The molecule has 0 bridgehead atoms. The number of carbonyl (C=O) groups is 2. The van der Waals surface area contributed by atoms with E-state index in [1.807, 2.05) is 0 Å². The molecule has 12 heavy (non-hydrogen) atoms. The molecule has 1 fully saturated rings. The third kappa shape index (κ3) is 1.72. The summed E-state index contributed by atoms with van der Waals surface area (Å²) < 4.78 is 0. The number of thiol groups is 1. The van der Waals surface area contributed by atoms with Gasteiger partial charge in [0.25, 0.3) is 0 Å². The summed E-state index contributed by atoms with van der Waals surface area (Å²) in [7, 11) is 1.63. The molecule has 5 heteroatoms. The third-order valence-corrected chi connectivity index (χ3v) is 2.09. The average Bonchev–Trinajstić information content (AvgIpc) is 2.25. The van der Waals surface area contributed by atoms with Crippen molar-refractivity contribution in [1.82, 2.24) is 9.80 Å². The fraction of sp³-hybridized carbons (Fsp3) is 0.714. The van der Waals surface area contributed by atoms with Crippen LogP contribution in [-0.2, 0) is 4.79 Å². The van der Waals surface area contributed by atoms with Crippen molar-refractivity contribution in [2.24, 2.45) is 0 Å². The Hall–Kier alpha value is -0.710. The number of amides is 3. The molecular formula is C7H12N2O2S. The quantitative estimate of drug-likeness (QED) is 0.508. The highest BCUT2D eigenvalue weighted by Crippen LogP contribution is 2.08. The highest BCUT2D eigenvalue weighted by atomic mass is 32.1. The molecule has 0 aromatic heterocycles. The first-order valence-electron chi connectivity index (χ1n) is 3.83. The van der Waals surface area contributed by atoms with Gasteiger partial charge in [-0.3, -0.25) is 9.69 Å². The summed E-state index contributed by atoms with van der Waals surface area (Å²) in [6, 6.07) is -0.193. The maximum Gasteiger partial charge on any atom is 0.326 e. The molecule has 4 nitrogen and oxygen atoms in total. The Labute approximate surface area is 76.9 Å². The van der Waals surface area contributed by atoms with Crippen molar-refractivity contribution in [3.63, 3.8) is 0 Å². The monoisotopic (exact) mass is 188 g/mol. The number of hydrogen-bond acceptors (Lipinski definition) is 3. The van der Waals surface area contributed by atoms with Gasteiger partial charge in [0, 0.05) is 13.6 Å². The maximum atomic E-state index is 11.2. The van der Waals surface area contributed by atoms with E-state index < -0.39 is 0 Å². The van der Waals surface area contributed by atoms with E-state index in [9.17, 15) is 9.59 Å². The van der Waals surface area contributed by atoms with Crippen LogP contribution >= 0.6 is 12.6 Å². The summed E-state index contributed by atoms with van der Waals surface area (Å²) in [5.41, 5.74) is 0. The van der Waals surface area contributed by atoms with Crippen LogP contribution in [0.5, 0.6) is 0 Å². The SMILES string of the molecule is CN1CC(=O)N(CCCS)C1=O. The van der Waals surface area contributed by atoms with E-state index in [1.165, 1.54) is 9.80 Å². The lowest BCUT2D eigenvalue weighted by Crippen LogP contribution is -2.32. The molecule has 0 aromatic rings. The first kappa shape index (κ1) is 9.38. The molecule has 1 saturated heterocycles. The van der Waals surface area contributed by atoms with Gasteiger partial charge in [0.1, 0.15) is 6.54 Å². The van der Waals surface area contributed by atoms with Gasteiger partial charge >= 0.3 is 6.03 Å². The number of nitrogens with zero attached hydrogens (tertiary/aromatic N) is 2. The van der Waals surface area contributed by atoms with Gasteiger partial charge in [-0.15, -0.1) is 0 Å². The van der Waals surface area contributed by atoms with Gasteiger partial charge in [-0.2, -0.15) is 12.6 Å². The standard InChI is InChI=1S/C7H12N2O2S/c1-8-5-6(10)9(7(8)11)3-2-4-12/h12H,2-5H2,1H3. The van der Waals surface area contributed by atoms with E-state index in [2.05, 4.69) is 12.6 Å². The Bertz CT molecular complexity index is 208. The van der Waals surface area contributed by atoms with Crippen LogP contribution in [-0.4, -0.2) is 47.6 Å². The largest absolute Gasteiger partial charge is 0.326 e. The molecule has 0 aromatic carbocycles. The molecule has 0 radical (unpaired) electrons. The van der Waals surface area contributed by atoms with Crippen LogP contribution in [0.25, 0.3) is 0 Å². The molecule has 0 unspecified atom stereocenters. The van der Waals surface area contributed by atoms with Crippen LogP contribution < -0.4 is 0 Å². The van der Waals surface area contributed by atoms with Crippen molar-refractivity contribution in [3.8, 4) is 0 Å². The Morgan fingerprint density at radius 2 is 2.17 bits per heavy atom. The zero-order chi connectivity index (χ0) is 9.14. The number of carbonyl (C=O) groups excluding carboxylic acids is 2. The van der Waals surface area contributed by atoms with E-state index in [0.29, 0.717) is 12.3 Å². The van der Waals surface area contributed by atoms with E-state index in [-0.39, 0.29) is 18.5 Å². The minimum absolute atomic E-state index is 0.107. The summed E-state index contributed by atoms with van der Waals surface area (Å²) >= 11 is 4.01. The van der Waals surface area contributed by atoms with E-state index >= 15 is 0 Å². The van der Waals surface area contributed by atoms with Crippen LogP contribution in [0.4, 0.5) is 4.79 Å². The number of imide groups is 1. The maximum absolute atomic E-state index is 11.2. The molecule has 0 atom stereocenters. The summed E-state index contributed by atoms with van der Waals surface area (Å²) in [5.74, 6) is 0.588. The summed E-state index contributed by atoms with van der Waals surface area (Å²) in [6.07, 6.45) is 0.758. The van der Waals surface area contributed by atoms with Gasteiger partial charge in [0.15, 0.2) is 0 Å². The van der Waals surface area contributed by atoms with E-state index in [0.717, 1.165) is 6.42 Å². The molecule has 0 spiro atoms. The lowest BCUT2D eigenvalue weighted by Gasteiger charge is -2.12. The molecule has 0 aliphatic carbocycles. The van der Waals surface area contributed by atoms with Gasteiger partial charge in [0.05, 0.1) is 0 Å². The summed E-state index contributed by atoms with van der Waals surface area (Å²) in [6.45, 7) is 0.705. The van der Waals surface area contributed by atoms with Crippen molar-refractivity contribution in [3.05, 3.63) is 0 Å². The average molecular weight is 188 g/mol. The lowest BCUT2D eigenvalue weighted by atomic mass is 10.4. The fourth-order valence-electron chi connectivity index (χ4n) is 1.12. The molecule has 3 amide bonds. The van der Waals surface area contributed by atoms with E-state index in [1.54, 1.807) is 7.05 Å². The lowest BCUT2D eigenvalue weighted by molar-refractivity contribution is -0.125. The summed E-state index contributed by atoms with van der Waals surface area (Å²) in [4.78, 5) is 25.1. The fourth-order valence-corrected chi connectivity index (χ4v) is 1.26. The molecule has 0 saturated carbocycles. The minimum atomic E-state index is -0.193. The second-order valence-corrected chi connectivity index (χ2v) is 3.21. The van der Waals surface area contributed by atoms with Crippen LogP contribution in [0.1, 0.15) is 6.42 Å². The molecule has 1 aliphatic heterocycles. The Balaban J connectivity index is 2.52. The molecule has 68 valence electrons. The van der Waals surface area contributed by atoms with Crippen LogP contribution in [0.2, 0.25) is 0 Å². The first-order chi connectivity index (χ1) is 5.66. The van der Waals surface area contributed by atoms with Crippen LogP contribution in [0.3, 0.4) is 0 Å². The number of hydrogen-bond donors (Lipinski definition) is 1. The van der Waals surface area contributed by atoms with E-state index in [4.69, 9.17) is 0 Å². The van der Waals surface area contributed by atoms with Crippen LogP contribution in [0, 0.1) is 0 Å². The van der Waals surface area contributed by atoms with Gasteiger partial charge < -0.3 is 4.90 Å². The molecule has 1 aliphatic rings. The zero-order valence-corrected chi connectivity index (χ0v) is 7.88. The second kappa shape index (κ2) is 3.80. The van der Waals surface area contributed by atoms with Gasteiger partial charge in [0.2, 0.25) is 5.91 Å². The predicted octanol–water partition coefficient (Wildman–Crippen LogP) is 0.200. The Kier molecular flexibility index (Phi) is 2.97. The summed E-state index contributed by atoms with van der Waals surface area (Å²) in [5, 5.41) is 0. The first-order valence-corrected chi connectivity index (χ1v) is 4.46. The predicted molar refractivity (Wildman–Crippen MR) is 48.2 cm³/mol. The number of urea groups is 1. The van der Waals surface area contributed by atoms with Crippen LogP contribution in [0.15, 0.2) is 0 Å². The highest BCUT2D eigenvalue weighted by molar-refractivity contribution is 7.80. The smallest absolute Gasteiger partial charge is 0.318 e. The number of rotatable bonds is 3. The molecule has 1 rings (SSSR count). The topological polar surface area (TPSA) is 40.6 Å². The Morgan fingerprint density at radius 1 is 1.50 bits per heavy atom. The van der Waals surface area contributed by atoms with Crippen molar-refractivity contribution in [1.29, 1.82) is 0 Å². The molecule has 0 N–H and O–H groups in total. The normalized spacial score (nSPS) is 17.8. The molecular weight excluding hydrogens is 176 g/mol. The van der Waals surface area contributed by atoms with Crippen molar-refractivity contribution in [2.75, 3.05) is 25.9 Å². The Morgan fingerprint density at radius 3 is 2.58 bits per heavy atom.